The summed E-state index contributed by atoms with van der Waals surface area (Å²) in [6, 6.07) is -0.138. The molecule has 7 heteroatoms. The molecule has 0 amide bonds. The summed E-state index contributed by atoms with van der Waals surface area (Å²) in [5.41, 5.74) is 4.85. The highest BCUT2D eigenvalue weighted by Crippen LogP contribution is 2.27. The second kappa shape index (κ2) is 5.64. The molecule has 0 saturated heterocycles. The number of hydrogen-bond donors (Lipinski definition) is 2. The van der Waals surface area contributed by atoms with Gasteiger partial charge < -0.3 is 4.57 Å². The minimum absolute atomic E-state index is 0.138. The second-order valence-electron chi connectivity index (χ2n) is 4.13. The van der Waals surface area contributed by atoms with E-state index in [4.69, 9.17) is 5.84 Å². The zero-order chi connectivity index (χ0) is 13.1. The Bertz CT molecular complexity index is 517. The number of nitrogens with one attached hydrogen (secondary N) is 1. The average Bonchev–Trinajstić information content (AvgIpc) is 2.91. The Balaban J connectivity index is 2.45. The van der Waals surface area contributed by atoms with Gasteiger partial charge in [0.1, 0.15) is 6.04 Å². The van der Waals surface area contributed by atoms with Crippen LogP contribution in [0.25, 0.3) is 0 Å². The maximum atomic E-state index is 5.70. The molecule has 18 heavy (non-hydrogen) atoms. The molecule has 2 aromatic rings. The predicted molar refractivity (Wildman–Crippen MR) is 72.6 cm³/mol. The molecule has 1 unspecified atom stereocenters. The molecular formula is C11H17BrN6. The number of imidazole rings is 1. The van der Waals surface area contributed by atoms with E-state index in [1.54, 1.807) is 18.7 Å². The maximum absolute atomic E-state index is 5.70. The molecule has 1 atom stereocenters. The van der Waals surface area contributed by atoms with Gasteiger partial charge in [-0.1, -0.05) is 6.92 Å². The molecule has 0 spiro atoms. The molecule has 6 nitrogen and oxygen atoms in total. The van der Waals surface area contributed by atoms with Crippen molar-refractivity contribution in [2.45, 2.75) is 25.9 Å². The van der Waals surface area contributed by atoms with Crippen molar-refractivity contribution in [3.63, 3.8) is 0 Å². The van der Waals surface area contributed by atoms with Crippen molar-refractivity contribution < 1.29 is 0 Å². The lowest BCUT2D eigenvalue weighted by molar-refractivity contribution is 0.506. The van der Waals surface area contributed by atoms with E-state index in [2.05, 4.69) is 38.4 Å². The van der Waals surface area contributed by atoms with Crippen molar-refractivity contribution in [1.29, 1.82) is 0 Å². The molecular weight excluding hydrogens is 296 g/mol. The van der Waals surface area contributed by atoms with Gasteiger partial charge in [-0.05, 0) is 22.4 Å². The number of rotatable bonds is 5. The lowest BCUT2D eigenvalue weighted by Crippen LogP contribution is -2.32. The minimum Gasteiger partial charge on any atom is -0.336 e. The third-order valence-corrected chi connectivity index (χ3v) is 3.47. The lowest BCUT2D eigenvalue weighted by atomic mass is 10.1. The van der Waals surface area contributed by atoms with E-state index in [9.17, 15) is 0 Å². The molecule has 2 heterocycles. The van der Waals surface area contributed by atoms with Gasteiger partial charge in [-0.25, -0.2) is 10.4 Å². The topological polar surface area (TPSA) is 73.7 Å². The normalized spacial score (nSPS) is 12.9. The molecule has 3 N–H and O–H groups in total. The number of hydrogen-bond acceptors (Lipinski definition) is 4. The zero-order valence-corrected chi connectivity index (χ0v) is 12.1. The van der Waals surface area contributed by atoms with E-state index < -0.39 is 0 Å². The van der Waals surface area contributed by atoms with Crippen molar-refractivity contribution in [2.24, 2.45) is 12.9 Å². The molecule has 0 radical (unpaired) electrons. The summed E-state index contributed by atoms with van der Waals surface area (Å²) in [4.78, 5) is 4.13. The summed E-state index contributed by atoms with van der Waals surface area (Å²) in [7, 11) is 1.95. The van der Waals surface area contributed by atoms with Gasteiger partial charge in [0.05, 0.1) is 34.6 Å². The fourth-order valence-corrected chi connectivity index (χ4v) is 2.52. The fourth-order valence-electron chi connectivity index (χ4n) is 2.00. The van der Waals surface area contributed by atoms with Gasteiger partial charge >= 0.3 is 0 Å². The van der Waals surface area contributed by atoms with Gasteiger partial charge in [0.15, 0.2) is 0 Å². The smallest absolute Gasteiger partial charge is 0.106 e. The predicted octanol–water partition coefficient (Wildman–Crippen LogP) is 1.34. The van der Waals surface area contributed by atoms with Crippen LogP contribution >= 0.6 is 15.9 Å². The Morgan fingerprint density at radius 1 is 1.50 bits per heavy atom. The first kappa shape index (κ1) is 13.3. The first-order valence-corrected chi connectivity index (χ1v) is 6.61. The largest absolute Gasteiger partial charge is 0.336 e. The van der Waals surface area contributed by atoms with Crippen LogP contribution in [0.1, 0.15) is 30.8 Å². The molecule has 0 aliphatic carbocycles. The van der Waals surface area contributed by atoms with Crippen molar-refractivity contribution >= 4 is 15.9 Å². The Labute approximate surface area is 114 Å². The molecule has 2 rings (SSSR count). The fraction of sp³-hybridized carbons (Fsp3) is 0.455. The first-order chi connectivity index (χ1) is 8.69. The molecule has 0 bridgehead atoms. The number of hydrazine groups is 1. The van der Waals surface area contributed by atoms with E-state index in [1.165, 1.54) is 0 Å². The van der Waals surface area contributed by atoms with E-state index in [0.717, 1.165) is 28.8 Å². The highest BCUT2D eigenvalue weighted by molar-refractivity contribution is 9.10. The van der Waals surface area contributed by atoms with E-state index in [1.807, 2.05) is 16.3 Å². The van der Waals surface area contributed by atoms with Gasteiger partial charge in [-0.3, -0.25) is 10.5 Å². The summed E-state index contributed by atoms with van der Waals surface area (Å²) < 4.78 is 4.85. The van der Waals surface area contributed by atoms with Crippen LogP contribution in [0.2, 0.25) is 0 Å². The highest BCUT2D eigenvalue weighted by atomic mass is 79.9. The van der Waals surface area contributed by atoms with E-state index in [-0.39, 0.29) is 6.04 Å². The Morgan fingerprint density at radius 2 is 2.28 bits per heavy atom. The summed E-state index contributed by atoms with van der Waals surface area (Å²) >= 11 is 3.53. The molecule has 0 aliphatic rings. The number of nitrogens with two attached hydrogens (primary N) is 1. The summed E-state index contributed by atoms with van der Waals surface area (Å²) in [6.07, 6.45) is 6.38. The van der Waals surface area contributed by atoms with Gasteiger partial charge in [-0.2, -0.15) is 5.10 Å². The van der Waals surface area contributed by atoms with Crippen molar-refractivity contribution in [2.75, 3.05) is 0 Å². The molecule has 0 aliphatic heterocycles. The lowest BCUT2D eigenvalue weighted by Gasteiger charge is -2.18. The minimum atomic E-state index is -0.138. The first-order valence-electron chi connectivity index (χ1n) is 5.82. The molecule has 2 aromatic heterocycles. The van der Waals surface area contributed by atoms with E-state index >= 15 is 0 Å². The van der Waals surface area contributed by atoms with Crippen LogP contribution < -0.4 is 11.3 Å². The van der Waals surface area contributed by atoms with Crippen LogP contribution in [-0.2, 0) is 13.6 Å². The summed E-state index contributed by atoms with van der Waals surface area (Å²) in [5.74, 6) is 5.70. The third kappa shape index (κ3) is 2.33. The highest BCUT2D eigenvalue weighted by Gasteiger charge is 2.22. The van der Waals surface area contributed by atoms with Gasteiger partial charge in [-0.15, -0.1) is 0 Å². The van der Waals surface area contributed by atoms with E-state index in [0.29, 0.717) is 0 Å². The zero-order valence-electron chi connectivity index (χ0n) is 10.5. The van der Waals surface area contributed by atoms with Crippen LogP contribution in [0.15, 0.2) is 23.2 Å². The van der Waals surface area contributed by atoms with Gasteiger partial charge in [0.25, 0.3) is 0 Å². The Hall–Kier alpha value is -1.18. The Kier molecular flexibility index (Phi) is 4.15. The Morgan fingerprint density at radius 3 is 2.83 bits per heavy atom. The molecule has 0 fully saturated rings. The quantitative estimate of drug-likeness (QED) is 0.645. The number of halogens is 1. The van der Waals surface area contributed by atoms with Crippen LogP contribution in [-0.4, -0.2) is 19.3 Å². The van der Waals surface area contributed by atoms with Crippen LogP contribution in [0.3, 0.4) is 0 Å². The summed E-state index contributed by atoms with van der Waals surface area (Å²) in [6.45, 7) is 2.98. The number of nitrogens with zero attached hydrogens (tertiary/aromatic N) is 4. The van der Waals surface area contributed by atoms with Gasteiger partial charge in [0.2, 0.25) is 0 Å². The molecule has 0 saturated carbocycles. The molecule has 0 aromatic carbocycles. The number of aromatic nitrogens is 4. The monoisotopic (exact) mass is 312 g/mol. The maximum Gasteiger partial charge on any atom is 0.106 e. The van der Waals surface area contributed by atoms with Gasteiger partial charge in [0, 0.05) is 13.6 Å². The van der Waals surface area contributed by atoms with Crippen LogP contribution in [0.4, 0.5) is 0 Å². The average molecular weight is 313 g/mol. The van der Waals surface area contributed by atoms with Crippen LogP contribution in [0.5, 0.6) is 0 Å². The van der Waals surface area contributed by atoms with Crippen molar-refractivity contribution in [3.05, 3.63) is 34.6 Å². The second-order valence-corrected chi connectivity index (χ2v) is 4.98. The van der Waals surface area contributed by atoms with Crippen molar-refractivity contribution in [1.82, 2.24) is 24.8 Å². The third-order valence-electron chi connectivity index (χ3n) is 2.86. The SMILES string of the molecule is CCCn1ncc(Br)c1C(NN)c1cncn1C. The number of aryl methyl sites for hydroxylation is 2. The standard InChI is InChI=1S/C11H17BrN6/c1-3-4-18-11(8(12)5-15-18)10(16-13)9-6-14-7-17(9)2/h5-7,10,16H,3-4,13H2,1-2H3. The van der Waals surface area contributed by atoms with Crippen LogP contribution in [0, 0.1) is 0 Å². The van der Waals surface area contributed by atoms with Crippen molar-refractivity contribution in [3.8, 4) is 0 Å². The molecule has 98 valence electrons. The summed E-state index contributed by atoms with van der Waals surface area (Å²) in [5, 5.41) is 4.36.